The molecule has 0 bridgehead atoms. The molecule has 5 nitrogen and oxygen atoms in total. The molecule has 1 heterocycles. The normalized spacial score (nSPS) is 25.0. The van der Waals surface area contributed by atoms with Crippen LogP contribution in [0.5, 0.6) is 0 Å². The van der Waals surface area contributed by atoms with Crippen LogP contribution in [-0.4, -0.2) is 41.5 Å². The Balaban J connectivity index is 0.00000261. The van der Waals surface area contributed by atoms with Gasteiger partial charge in [0, 0.05) is 13.1 Å². The van der Waals surface area contributed by atoms with Crippen molar-refractivity contribution < 1.29 is 27.9 Å². The number of hydrogen-bond acceptors (Lipinski definition) is 3. The van der Waals surface area contributed by atoms with E-state index in [0.29, 0.717) is 13.0 Å². The summed E-state index contributed by atoms with van der Waals surface area (Å²) in [4.78, 5) is 25.6. The fraction of sp³-hybridized carbons (Fsp3) is 0.529. The number of alkyl halides is 3. The molecule has 0 aromatic heterocycles. The van der Waals surface area contributed by atoms with Gasteiger partial charge in [0.1, 0.15) is 0 Å². The van der Waals surface area contributed by atoms with Crippen molar-refractivity contribution in [2.45, 2.75) is 25.4 Å². The van der Waals surface area contributed by atoms with Crippen LogP contribution >= 0.6 is 24.0 Å². The number of amides is 1. The average molecular weight is 427 g/mol. The van der Waals surface area contributed by atoms with Crippen LogP contribution in [0.1, 0.15) is 24.8 Å². The van der Waals surface area contributed by atoms with Crippen LogP contribution in [-0.2, 0) is 15.8 Å². The van der Waals surface area contributed by atoms with E-state index in [0.717, 1.165) is 18.9 Å². The maximum absolute atomic E-state index is 13.1. The van der Waals surface area contributed by atoms with Gasteiger partial charge in [0.25, 0.3) is 0 Å². The van der Waals surface area contributed by atoms with Gasteiger partial charge < -0.3 is 10.4 Å². The third kappa shape index (κ3) is 4.17. The summed E-state index contributed by atoms with van der Waals surface area (Å²) in [5.74, 6) is -1.55. The predicted octanol–water partition coefficient (Wildman–Crippen LogP) is 3.91. The molecule has 1 aliphatic heterocycles. The summed E-state index contributed by atoms with van der Waals surface area (Å²) in [6.45, 7) is 0.511. The van der Waals surface area contributed by atoms with Gasteiger partial charge in [-0.05, 0) is 30.9 Å². The predicted molar refractivity (Wildman–Crippen MR) is 96.2 cm³/mol. The summed E-state index contributed by atoms with van der Waals surface area (Å²) in [5.41, 5.74) is -2.33. The van der Waals surface area contributed by atoms with Crippen LogP contribution < -0.4 is 5.32 Å². The van der Waals surface area contributed by atoms with E-state index in [-0.39, 0.29) is 36.4 Å². The molecule has 2 atom stereocenters. The summed E-state index contributed by atoms with van der Waals surface area (Å²) >= 11 is 5.83. The largest absolute Gasteiger partial charge is 0.481 e. The average Bonchev–Trinajstić information content (AvgIpc) is 3.05. The third-order valence-corrected chi connectivity index (χ3v) is 5.63. The first-order chi connectivity index (χ1) is 12.1. The molecule has 1 amide bonds. The van der Waals surface area contributed by atoms with E-state index in [4.69, 9.17) is 11.6 Å². The fourth-order valence-electron chi connectivity index (χ4n) is 4.13. The summed E-state index contributed by atoms with van der Waals surface area (Å²) in [6.07, 6.45) is -2.46. The smallest absolute Gasteiger partial charge is 0.418 e. The van der Waals surface area contributed by atoms with Gasteiger partial charge in [-0.2, -0.15) is 13.2 Å². The molecule has 1 saturated heterocycles. The Morgan fingerprint density at radius 1 is 1.37 bits per heavy atom. The zero-order valence-electron chi connectivity index (χ0n) is 14.2. The Hall–Kier alpha value is -1.51. The van der Waals surface area contributed by atoms with E-state index >= 15 is 0 Å². The molecule has 0 spiro atoms. The molecule has 1 aromatic carbocycles. The molecule has 1 aliphatic carbocycles. The van der Waals surface area contributed by atoms with Crippen molar-refractivity contribution >= 4 is 41.6 Å². The highest BCUT2D eigenvalue weighted by Crippen LogP contribution is 2.48. The van der Waals surface area contributed by atoms with E-state index in [1.165, 1.54) is 12.1 Å². The Morgan fingerprint density at radius 3 is 2.67 bits per heavy atom. The first-order valence-corrected chi connectivity index (χ1v) is 8.62. The molecule has 0 unspecified atom stereocenters. The molecular weight excluding hydrogens is 408 g/mol. The second-order valence-electron chi connectivity index (χ2n) is 6.93. The molecule has 3 rings (SSSR count). The number of carboxylic acid groups (broad SMARTS) is 1. The van der Waals surface area contributed by atoms with Gasteiger partial charge in [-0.25, -0.2) is 0 Å². The Kier molecular flexibility index (Phi) is 6.33. The zero-order chi connectivity index (χ0) is 19.1. The molecule has 150 valence electrons. The molecule has 2 aliphatic rings. The summed E-state index contributed by atoms with van der Waals surface area (Å²) < 4.78 is 39.3. The minimum absolute atomic E-state index is 0. The van der Waals surface area contributed by atoms with Crippen LogP contribution in [0.25, 0.3) is 0 Å². The number of carbonyl (C=O) groups excluding carboxylic acids is 1. The molecular formula is C17H19Cl2F3N2O3. The van der Waals surface area contributed by atoms with E-state index in [1.54, 1.807) is 4.90 Å². The van der Waals surface area contributed by atoms with Gasteiger partial charge >= 0.3 is 12.1 Å². The number of rotatable bonds is 4. The number of halogens is 5. The second kappa shape index (κ2) is 7.85. The molecule has 27 heavy (non-hydrogen) atoms. The van der Waals surface area contributed by atoms with E-state index in [9.17, 15) is 27.9 Å². The van der Waals surface area contributed by atoms with Crippen LogP contribution in [0.15, 0.2) is 18.2 Å². The standard InChI is InChI=1S/C17H18ClF3N2O3.ClH/c18-12-5-1-4-11(17(19,20)21)14(12)22-13(24)8-23-7-10-3-2-6-16(10,9-23)15(25)26;/h1,4-5,10H,2-3,6-9H2,(H,22,24)(H,25,26);1H/t10-,16+;/m0./s1. The lowest BCUT2D eigenvalue weighted by Crippen LogP contribution is -2.37. The number of aliphatic carboxylic acids is 1. The van der Waals surface area contributed by atoms with Crippen molar-refractivity contribution in [3.63, 3.8) is 0 Å². The molecule has 2 N–H and O–H groups in total. The number of carbonyl (C=O) groups is 2. The number of nitrogens with zero attached hydrogens (tertiary/aromatic N) is 1. The third-order valence-electron chi connectivity index (χ3n) is 5.32. The number of benzene rings is 1. The number of likely N-dealkylation sites (tertiary alicyclic amines) is 1. The number of fused-ring (bicyclic) bond motifs is 1. The van der Waals surface area contributed by atoms with Gasteiger partial charge in [-0.1, -0.05) is 24.1 Å². The van der Waals surface area contributed by atoms with Gasteiger partial charge in [-0.3, -0.25) is 14.5 Å². The lowest BCUT2D eigenvalue weighted by molar-refractivity contribution is -0.149. The number of carboxylic acids is 1. The van der Waals surface area contributed by atoms with Crippen molar-refractivity contribution in [3.05, 3.63) is 28.8 Å². The highest BCUT2D eigenvalue weighted by molar-refractivity contribution is 6.34. The van der Waals surface area contributed by atoms with Gasteiger partial charge in [-0.15, -0.1) is 12.4 Å². The zero-order valence-corrected chi connectivity index (χ0v) is 15.8. The van der Waals surface area contributed by atoms with E-state index in [1.807, 2.05) is 0 Å². The van der Waals surface area contributed by atoms with Crippen molar-refractivity contribution in [2.75, 3.05) is 25.0 Å². The van der Waals surface area contributed by atoms with Crippen LogP contribution in [0.4, 0.5) is 18.9 Å². The number of para-hydroxylation sites is 1. The molecule has 1 aromatic rings. The highest BCUT2D eigenvalue weighted by Gasteiger charge is 2.54. The van der Waals surface area contributed by atoms with Gasteiger partial charge in [0.2, 0.25) is 5.91 Å². The van der Waals surface area contributed by atoms with Crippen LogP contribution in [0, 0.1) is 11.3 Å². The van der Waals surface area contributed by atoms with Crippen LogP contribution in [0.3, 0.4) is 0 Å². The van der Waals surface area contributed by atoms with Crippen molar-refractivity contribution in [2.24, 2.45) is 11.3 Å². The minimum Gasteiger partial charge on any atom is -0.481 e. The van der Waals surface area contributed by atoms with Gasteiger partial charge in [0.05, 0.1) is 28.2 Å². The topological polar surface area (TPSA) is 69.6 Å². The van der Waals surface area contributed by atoms with Crippen molar-refractivity contribution in [1.82, 2.24) is 4.90 Å². The van der Waals surface area contributed by atoms with Crippen LogP contribution in [0.2, 0.25) is 5.02 Å². The first-order valence-electron chi connectivity index (χ1n) is 8.25. The number of anilines is 1. The monoisotopic (exact) mass is 426 g/mol. The number of nitrogens with one attached hydrogen (secondary N) is 1. The molecule has 10 heteroatoms. The molecule has 0 radical (unpaired) electrons. The van der Waals surface area contributed by atoms with E-state index in [2.05, 4.69) is 5.32 Å². The van der Waals surface area contributed by atoms with E-state index < -0.39 is 34.7 Å². The lowest BCUT2D eigenvalue weighted by atomic mass is 9.81. The Morgan fingerprint density at radius 2 is 2.07 bits per heavy atom. The van der Waals surface area contributed by atoms with Gasteiger partial charge in [0.15, 0.2) is 0 Å². The summed E-state index contributed by atoms with van der Waals surface area (Å²) in [6, 6.07) is 3.28. The van der Waals surface area contributed by atoms with Crippen molar-refractivity contribution in [1.29, 1.82) is 0 Å². The fourth-order valence-corrected chi connectivity index (χ4v) is 4.35. The number of hydrogen-bond donors (Lipinski definition) is 2. The maximum atomic E-state index is 13.1. The lowest BCUT2D eigenvalue weighted by Gasteiger charge is -2.23. The van der Waals surface area contributed by atoms with Crippen molar-refractivity contribution in [3.8, 4) is 0 Å². The highest BCUT2D eigenvalue weighted by atomic mass is 35.5. The summed E-state index contributed by atoms with van der Waals surface area (Å²) in [7, 11) is 0. The quantitative estimate of drug-likeness (QED) is 0.765. The maximum Gasteiger partial charge on any atom is 0.418 e. The molecule has 2 fully saturated rings. The Labute approximate surface area is 165 Å². The first kappa shape index (κ1) is 21.8. The molecule has 1 saturated carbocycles. The Bertz CT molecular complexity index is 745. The summed E-state index contributed by atoms with van der Waals surface area (Å²) in [5, 5.41) is 11.6. The second-order valence-corrected chi connectivity index (χ2v) is 7.34. The SMILES string of the molecule is Cl.O=C(CN1C[C@@H]2CCC[C@@]2(C(=O)O)C1)Nc1c(Cl)cccc1C(F)(F)F. The minimum atomic E-state index is -4.65.